The molecule has 0 spiro atoms. The molecule has 26 heavy (non-hydrogen) atoms. The Bertz CT molecular complexity index is 746. The number of hydrogen-bond donors (Lipinski definition) is 2. The molecule has 0 radical (unpaired) electrons. The van der Waals surface area contributed by atoms with Gasteiger partial charge in [-0.25, -0.2) is 9.78 Å². The third kappa shape index (κ3) is 4.62. The van der Waals surface area contributed by atoms with Crippen LogP contribution in [0.15, 0.2) is 42.7 Å². The molecule has 0 aliphatic carbocycles. The van der Waals surface area contributed by atoms with Gasteiger partial charge in [0.1, 0.15) is 11.5 Å². The zero-order valence-electron chi connectivity index (χ0n) is 13.8. The van der Waals surface area contributed by atoms with Crippen molar-refractivity contribution < 1.29 is 18.0 Å². The number of rotatable bonds is 3. The Balaban J connectivity index is 1.52. The number of nitrogens with zero attached hydrogens (tertiary/aromatic N) is 3. The summed E-state index contributed by atoms with van der Waals surface area (Å²) in [6.07, 6.45) is -0.0564. The molecule has 0 unspecified atom stereocenters. The van der Waals surface area contributed by atoms with Gasteiger partial charge >= 0.3 is 12.2 Å². The number of urea groups is 1. The average molecular weight is 365 g/mol. The van der Waals surface area contributed by atoms with Gasteiger partial charge in [0.15, 0.2) is 0 Å². The van der Waals surface area contributed by atoms with Crippen LogP contribution in [0.1, 0.15) is 18.5 Å². The van der Waals surface area contributed by atoms with Gasteiger partial charge in [-0.1, -0.05) is 6.07 Å². The summed E-state index contributed by atoms with van der Waals surface area (Å²) < 4.78 is 38.3. The predicted octanol–water partition coefficient (Wildman–Crippen LogP) is 3.29. The van der Waals surface area contributed by atoms with Crippen LogP contribution in [0.5, 0.6) is 0 Å². The van der Waals surface area contributed by atoms with Crippen LogP contribution in [0.4, 0.5) is 29.5 Å². The van der Waals surface area contributed by atoms with Crippen molar-refractivity contribution in [2.24, 2.45) is 0 Å². The summed E-state index contributed by atoms with van der Waals surface area (Å²) in [5, 5.41) is 5.56. The summed E-state index contributed by atoms with van der Waals surface area (Å²) in [5.41, 5.74) is -0.304. The molecule has 1 aliphatic rings. The molecule has 3 heterocycles. The lowest BCUT2D eigenvalue weighted by molar-refractivity contribution is -0.141. The molecule has 2 aromatic rings. The van der Waals surface area contributed by atoms with E-state index in [0.29, 0.717) is 37.4 Å². The van der Waals surface area contributed by atoms with Crippen molar-refractivity contribution in [2.45, 2.75) is 25.1 Å². The Hall–Kier alpha value is -2.84. The molecule has 3 rings (SSSR count). The number of alkyl halides is 3. The summed E-state index contributed by atoms with van der Waals surface area (Å²) in [6, 6.07) is 6.96. The fraction of sp³-hybridized carbons (Fsp3) is 0.353. The maximum atomic E-state index is 12.8. The molecule has 2 aromatic heterocycles. The number of aromatic nitrogens is 2. The molecular weight excluding hydrogens is 347 g/mol. The van der Waals surface area contributed by atoms with Gasteiger partial charge in [0.2, 0.25) is 0 Å². The summed E-state index contributed by atoms with van der Waals surface area (Å²) in [6.45, 7) is 1.04. The zero-order chi connectivity index (χ0) is 18.6. The minimum atomic E-state index is -4.46. The molecule has 1 fully saturated rings. The fourth-order valence-electron chi connectivity index (χ4n) is 2.80. The lowest BCUT2D eigenvalue weighted by Gasteiger charge is -2.33. The second kappa shape index (κ2) is 7.59. The number of amides is 2. The number of piperidine rings is 1. The summed E-state index contributed by atoms with van der Waals surface area (Å²) in [5.74, 6) is 0.304. The number of halogens is 3. The third-order valence-corrected chi connectivity index (χ3v) is 4.10. The largest absolute Gasteiger partial charge is 0.433 e. The van der Waals surface area contributed by atoms with E-state index in [1.807, 2.05) is 0 Å². The highest BCUT2D eigenvalue weighted by Gasteiger charge is 2.33. The first-order chi connectivity index (χ1) is 12.4. The normalized spacial score (nSPS) is 15.6. The van der Waals surface area contributed by atoms with E-state index < -0.39 is 11.9 Å². The Morgan fingerprint density at radius 1 is 1.15 bits per heavy atom. The Labute approximate surface area is 148 Å². The van der Waals surface area contributed by atoms with Crippen LogP contribution in [-0.2, 0) is 6.18 Å². The summed E-state index contributed by atoms with van der Waals surface area (Å²) in [7, 11) is 0. The van der Waals surface area contributed by atoms with Gasteiger partial charge in [-0.15, -0.1) is 0 Å². The lowest BCUT2D eigenvalue weighted by atomic mass is 10.1. The van der Waals surface area contributed by atoms with E-state index in [1.165, 1.54) is 6.07 Å². The highest BCUT2D eigenvalue weighted by Crippen LogP contribution is 2.29. The molecule has 6 nitrogen and oxygen atoms in total. The molecule has 1 saturated heterocycles. The van der Waals surface area contributed by atoms with Crippen molar-refractivity contribution in [1.29, 1.82) is 0 Å². The number of nitrogens with one attached hydrogen (secondary N) is 2. The van der Waals surface area contributed by atoms with Gasteiger partial charge in [-0.2, -0.15) is 13.2 Å². The molecule has 0 saturated carbocycles. The Kier molecular flexibility index (Phi) is 5.24. The molecule has 9 heteroatoms. The van der Waals surface area contributed by atoms with E-state index in [-0.39, 0.29) is 12.1 Å². The number of anilines is 2. The Morgan fingerprint density at radius 2 is 1.92 bits per heavy atom. The van der Waals surface area contributed by atoms with E-state index in [0.717, 1.165) is 6.07 Å². The van der Waals surface area contributed by atoms with Crippen molar-refractivity contribution in [2.75, 3.05) is 23.3 Å². The molecule has 0 atom stereocenters. The second-order valence-corrected chi connectivity index (χ2v) is 5.98. The van der Waals surface area contributed by atoms with Gasteiger partial charge in [-0.3, -0.25) is 4.98 Å². The first kappa shape index (κ1) is 18.0. The summed E-state index contributed by atoms with van der Waals surface area (Å²) >= 11 is 0. The van der Waals surface area contributed by atoms with E-state index in [2.05, 4.69) is 20.6 Å². The van der Waals surface area contributed by atoms with E-state index in [9.17, 15) is 18.0 Å². The van der Waals surface area contributed by atoms with Gasteiger partial charge in [-0.05, 0) is 37.1 Å². The second-order valence-electron chi connectivity index (χ2n) is 5.98. The van der Waals surface area contributed by atoms with Crippen molar-refractivity contribution in [1.82, 2.24) is 15.3 Å². The SMILES string of the molecule is O=C(Nc1cccnc1)NC1CCN(c2cccc(C(F)(F)F)n2)CC1. The molecular formula is C17H18F3N5O. The zero-order valence-corrected chi connectivity index (χ0v) is 13.8. The standard InChI is InChI=1S/C17H18F3N5O/c18-17(19,20)14-4-1-5-15(24-14)25-9-6-12(7-10-25)22-16(26)23-13-3-2-8-21-11-13/h1-5,8,11-12H,6-7,9-10H2,(H2,22,23,26). The molecule has 2 amide bonds. The first-order valence-corrected chi connectivity index (χ1v) is 8.18. The maximum Gasteiger partial charge on any atom is 0.433 e. The van der Waals surface area contributed by atoms with E-state index in [4.69, 9.17) is 0 Å². The van der Waals surface area contributed by atoms with Crippen molar-refractivity contribution in [3.05, 3.63) is 48.4 Å². The highest BCUT2D eigenvalue weighted by molar-refractivity contribution is 5.89. The predicted molar refractivity (Wildman–Crippen MR) is 90.9 cm³/mol. The van der Waals surface area contributed by atoms with Crippen LogP contribution in [0.25, 0.3) is 0 Å². The molecule has 0 aromatic carbocycles. The van der Waals surface area contributed by atoms with Crippen molar-refractivity contribution in [3.63, 3.8) is 0 Å². The van der Waals surface area contributed by atoms with Crippen LogP contribution in [0, 0.1) is 0 Å². The first-order valence-electron chi connectivity index (χ1n) is 8.18. The number of pyridine rings is 2. The highest BCUT2D eigenvalue weighted by atomic mass is 19.4. The van der Waals surface area contributed by atoms with Crippen LogP contribution in [0.2, 0.25) is 0 Å². The van der Waals surface area contributed by atoms with Crippen LogP contribution in [-0.4, -0.2) is 35.1 Å². The average Bonchev–Trinajstić information content (AvgIpc) is 2.62. The third-order valence-electron chi connectivity index (χ3n) is 4.10. The topological polar surface area (TPSA) is 70.2 Å². The number of carbonyl (C=O) groups excluding carboxylic acids is 1. The molecule has 1 aliphatic heterocycles. The van der Waals surface area contributed by atoms with Crippen LogP contribution in [0.3, 0.4) is 0 Å². The van der Waals surface area contributed by atoms with Crippen molar-refractivity contribution >= 4 is 17.5 Å². The van der Waals surface area contributed by atoms with Crippen LogP contribution >= 0.6 is 0 Å². The molecule has 138 valence electrons. The maximum absolute atomic E-state index is 12.8. The van der Waals surface area contributed by atoms with Gasteiger partial charge in [0.25, 0.3) is 0 Å². The monoisotopic (exact) mass is 365 g/mol. The van der Waals surface area contributed by atoms with Crippen molar-refractivity contribution in [3.8, 4) is 0 Å². The lowest BCUT2D eigenvalue weighted by Crippen LogP contribution is -2.46. The summed E-state index contributed by atoms with van der Waals surface area (Å²) in [4.78, 5) is 21.4. The smallest absolute Gasteiger partial charge is 0.356 e. The quantitative estimate of drug-likeness (QED) is 0.876. The molecule has 0 bridgehead atoms. The van der Waals surface area contributed by atoms with Gasteiger partial charge in [0.05, 0.1) is 11.9 Å². The number of carbonyl (C=O) groups is 1. The van der Waals surface area contributed by atoms with E-state index >= 15 is 0 Å². The number of hydrogen-bond acceptors (Lipinski definition) is 4. The minimum Gasteiger partial charge on any atom is -0.356 e. The van der Waals surface area contributed by atoms with Gasteiger partial charge in [0, 0.05) is 25.3 Å². The minimum absolute atomic E-state index is 0.0475. The fourth-order valence-corrected chi connectivity index (χ4v) is 2.80. The molecule has 2 N–H and O–H groups in total. The van der Waals surface area contributed by atoms with Gasteiger partial charge < -0.3 is 15.5 Å². The van der Waals surface area contributed by atoms with E-state index in [1.54, 1.807) is 35.5 Å². The Morgan fingerprint density at radius 3 is 2.58 bits per heavy atom. The van der Waals surface area contributed by atoms with Crippen LogP contribution < -0.4 is 15.5 Å².